The van der Waals surface area contributed by atoms with E-state index in [1.165, 1.54) is 10.6 Å². The van der Waals surface area contributed by atoms with Crippen molar-refractivity contribution in [2.75, 3.05) is 5.32 Å². The predicted molar refractivity (Wildman–Crippen MR) is 86.1 cm³/mol. The van der Waals surface area contributed by atoms with Gasteiger partial charge in [-0.05, 0) is 37.0 Å². The highest BCUT2D eigenvalue weighted by Crippen LogP contribution is 2.25. The Labute approximate surface area is 135 Å². The lowest BCUT2D eigenvalue weighted by molar-refractivity contribution is -0.385. The summed E-state index contributed by atoms with van der Waals surface area (Å²) in [5, 5.41) is 21.4. The van der Waals surface area contributed by atoms with Crippen LogP contribution in [0.15, 0.2) is 35.4 Å². The standard InChI is InChI=1S/C15H14N6O3/c22-15-13(21(23)24)14(18-12-3-1-2-6-20(12)15)17-10-4-5-11-9(7-10)8-16-19-11/h1-3,6,8,10,17H,4-5,7H2,(H,16,19). The molecule has 1 unspecified atom stereocenters. The Balaban J connectivity index is 1.75. The molecular formula is C15H14N6O3. The van der Waals surface area contributed by atoms with Crippen LogP contribution in [0.5, 0.6) is 0 Å². The van der Waals surface area contributed by atoms with Gasteiger partial charge < -0.3 is 5.32 Å². The Kier molecular flexibility index (Phi) is 3.26. The molecule has 9 heteroatoms. The number of fused-ring (bicyclic) bond motifs is 2. The van der Waals surface area contributed by atoms with Crippen molar-refractivity contribution >= 4 is 17.2 Å². The number of H-pyrrole nitrogens is 1. The Morgan fingerprint density at radius 2 is 2.29 bits per heavy atom. The minimum atomic E-state index is -0.687. The SMILES string of the molecule is O=c1c([N+](=O)[O-])c(NC2CCc3[nH]ncc3C2)nc2ccccn12. The van der Waals surface area contributed by atoms with Gasteiger partial charge in [0.25, 0.3) is 0 Å². The normalized spacial score (nSPS) is 16.8. The molecule has 0 saturated carbocycles. The summed E-state index contributed by atoms with van der Waals surface area (Å²) in [6.45, 7) is 0. The monoisotopic (exact) mass is 326 g/mol. The maximum atomic E-state index is 12.4. The summed E-state index contributed by atoms with van der Waals surface area (Å²) in [6, 6.07) is 4.97. The van der Waals surface area contributed by atoms with E-state index in [4.69, 9.17) is 0 Å². The zero-order chi connectivity index (χ0) is 16.7. The molecule has 0 aliphatic heterocycles. The molecule has 122 valence electrons. The van der Waals surface area contributed by atoms with Gasteiger partial charge in [0, 0.05) is 17.9 Å². The zero-order valence-electron chi connectivity index (χ0n) is 12.6. The van der Waals surface area contributed by atoms with E-state index in [0.717, 1.165) is 24.1 Å². The molecule has 0 amide bonds. The minimum absolute atomic E-state index is 0.0214. The molecule has 0 saturated heterocycles. The fourth-order valence-corrected chi connectivity index (χ4v) is 3.08. The quantitative estimate of drug-likeness (QED) is 0.553. The fraction of sp³-hybridized carbons (Fsp3) is 0.267. The van der Waals surface area contributed by atoms with Crippen molar-refractivity contribution in [1.82, 2.24) is 19.6 Å². The largest absolute Gasteiger partial charge is 0.376 e. The summed E-state index contributed by atoms with van der Waals surface area (Å²) in [5.74, 6) is 0.0214. The second-order valence-corrected chi connectivity index (χ2v) is 5.76. The second-order valence-electron chi connectivity index (χ2n) is 5.76. The van der Waals surface area contributed by atoms with Crippen LogP contribution < -0.4 is 10.9 Å². The van der Waals surface area contributed by atoms with Crippen molar-refractivity contribution < 1.29 is 4.92 Å². The highest BCUT2D eigenvalue weighted by molar-refractivity contribution is 5.60. The number of pyridine rings is 1. The lowest BCUT2D eigenvalue weighted by Crippen LogP contribution is -2.30. The highest BCUT2D eigenvalue weighted by Gasteiger charge is 2.27. The number of aromatic amines is 1. The van der Waals surface area contributed by atoms with Gasteiger partial charge >= 0.3 is 11.2 Å². The van der Waals surface area contributed by atoms with E-state index >= 15 is 0 Å². The summed E-state index contributed by atoms with van der Waals surface area (Å²) in [6.07, 6.45) is 5.49. The molecule has 24 heavy (non-hydrogen) atoms. The highest BCUT2D eigenvalue weighted by atomic mass is 16.6. The summed E-state index contributed by atoms with van der Waals surface area (Å²) < 4.78 is 1.18. The maximum Gasteiger partial charge on any atom is 0.376 e. The Morgan fingerprint density at radius 1 is 1.42 bits per heavy atom. The summed E-state index contributed by atoms with van der Waals surface area (Å²) in [7, 11) is 0. The molecule has 1 aliphatic rings. The third kappa shape index (κ3) is 2.30. The number of aryl methyl sites for hydroxylation is 1. The first kappa shape index (κ1) is 14.4. The molecular weight excluding hydrogens is 312 g/mol. The lowest BCUT2D eigenvalue weighted by atomic mass is 9.93. The van der Waals surface area contributed by atoms with Gasteiger partial charge in [-0.25, -0.2) is 4.98 Å². The molecule has 0 spiro atoms. The van der Waals surface area contributed by atoms with Crippen molar-refractivity contribution in [2.45, 2.75) is 25.3 Å². The summed E-state index contributed by atoms with van der Waals surface area (Å²) in [4.78, 5) is 27.4. The topological polar surface area (TPSA) is 118 Å². The van der Waals surface area contributed by atoms with Crippen molar-refractivity contribution in [3.05, 3.63) is 62.3 Å². The van der Waals surface area contributed by atoms with Gasteiger partial charge in [0.05, 0.1) is 11.1 Å². The molecule has 0 radical (unpaired) electrons. The molecule has 4 rings (SSSR count). The zero-order valence-corrected chi connectivity index (χ0v) is 12.6. The average molecular weight is 326 g/mol. The molecule has 3 aromatic heterocycles. The third-order valence-electron chi connectivity index (χ3n) is 4.25. The van der Waals surface area contributed by atoms with E-state index in [2.05, 4.69) is 20.5 Å². The first-order valence-corrected chi connectivity index (χ1v) is 7.57. The molecule has 3 heterocycles. The number of nitrogens with zero attached hydrogens (tertiary/aromatic N) is 4. The molecule has 2 N–H and O–H groups in total. The van der Waals surface area contributed by atoms with Crippen molar-refractivity contribution in [3.63, 3.8) is 0 Å². The van der Waals surface area contributed by atoms with Gasteiger partial charge in [-0.15, -0.1) is 0 Å². The van der Waals surface area contributed by atoms with Crippen molar-refractivity contribution in [2.24, 2.45) is 0 Å². The van der Waals surface area contributed by atoms with Gasteiger partial charge in [-0.2, -0.15) is 5.10 Å². The first-order chi connectivity index (χ1) is 11.6. The van der Waals surface area contributed by atoms with E-state index in [9.17, 15) is 14.9 Å². The van der Waals surface area contributed by atoms with Crippen LogP contribution >= 0.6 is 0 Å². The Hall–Kier alpha value is -3.23. The number of aromatic nitrogens is 4. The molecule has 0 aromatic carbocycles. The number of anilines is 1. The first-order valence-electron chi connectivity index (χ1n) is 7.57. The van der Waals surface area contributed by atoms with Crippen molar-refractivity contribution in [3.8, 4) is 0 Å². The van der Waals surface area contributed by atoms with E-state index in [1.807, 2.05) is 0 Å². The van der Waals surface area contributed by atoms with Crippen LogP contribution in [0.1, 0.15) is 17.7 Å². The van der Waals surface area contributed by atoms with E-state index < -0.39 is 16.2 Å². The molecule has 0 bridgehead atoms. The molecule has 1 atom stereocenters. The third-order valence-corrected chi connectivity index (χ3v) is 4.25. The minimum Gasteiger partial charge on any atom is -0.361 e. The lowest BCUT2D eigenvalue weighted by Gasteiger charge is -2.23. The van der Waals surface area contributed by atoms with E-state index in [0.29, 0.717) is 12.1 Å². The van der Waals surface area contributed by atoms with Gasteiger partial charge in [0.15, 0.2) is 0 Å². The van der Waals surface area contributed by atoms with Gasteiger partial charge in [-0.1, -0.05) is 6.07 Å². The van der Waals surface area contributed by atoms with Crippen LogP contribution in [0.4, 0.5) is 11.5 Å². The number of hydrogen-bond acceptors (Lipinski definition) is 6. The molecule has 1 aliphatic carbocycles. The van der Waals surface area contributed by atoms with Gasteiger partial charge in [-0.3, -0.25) is 24.4 Å². The van der Waals surface area contributed by atoms with Crippen LogP contribution in [0.25, 0.3) is 5.65 Å². The summed E-state index contributed by atoms with van der Waals surface area (Å²) >= 11 is 0. The fourth-order valence-electron chi connectivity index (χ4n) is 3.08. The molecule has 3 aromatic rings. The molecule has 0 fully saturated rings. The van der Waals surface area contributed by atoms with E-state index in [-0.39, 0.29) is 11.9 Å². The van der Waals surface area contributed by atoms with Crippen LogP contribution in [0.3, 0.4) is 0 Å². The van der Waals surface area contributed by atoms with E-state index in [1.54, 1.807) is 24.4 Å². The van der Waals surface area contributed by atoms with Crippen molar-refractivity contribution in [1.29, 1.82) is 0 Å². The van der Waals surface area contributed by atoms with Crippen LogP contribution in [-0.4, -0.2) is 30.5 Å². The number of hydrogen-bond donors (Lipinski definition) is 2. The summed E-state index contributed by atoms with van der Waals surface area (Å²) in [5.41, 5.74) is 1.33. The Bertz CT molecular complexity index is 992. The number of nitro groups is 1. The maximum absolute atomic E-state index is 12.4. The van der Waals surface area contributed by atoms with Crippen LogP contribution in [0.2, 0.25) is 0 Å². The Morgan fingerprint density at radius 3 is 3.12 bits per heavy atom. The van der Waals surface area contributed by atoms with Gasteiger partial charge in [0.1, 0.15) is 5.65 Å². The predicted octanol–water partition coefficient (Wildman–Crippen LogP) is 1.30. The number of nitrogens with one attached hydrogen (secondary N) is 2. The van der Waals surface area contributed by atoms with Crippen LogP contribution in [0, 0.1) is 10.1 Å². The number of rotatable bonds is 3. The second kappa shape index (κ2) is 5.44. The molecule has 9 nitrogen and oxygen atoms in total. The average Bonchev–Trinajstić information content (AvgIpc) is 3.02. The van der Waals surface area contributed by atoms with Gasteiger partial charge in [0.2, 0.25) is 5.82 Å². The van der Waals surface area contributed by atoms with Crippen LogP contribution in [-0.2, 0) is 12.8 Å². The smallest absolute Gasteiger partial charge is 0.361 e.